The number of benzene rings is 1. The lowest BCUT2D eigenvalue weighted by atomic mass is 10.2. The Morgan fingerprint density at radius 2 is 2.00 bits per heavy atom. The van der Waals surface area contributed by atoms with Crippen molar-refractivity contribution in [3.63, 3.8) is 0 Å². The molecule has 8 nitrogen and oxygen atoms in total. The van der Waals surface area contributed by atoms with Gasteiger partial charge in [0.15, 0.2) is 6.61 Å². The average Bonchev–Trinajstić information content (AvgIpc) is 2.47. The Kier molecular flexibility index (Phi) is 3.70. The number of amides is 1. The molecule has 1 aromatic rings. The third-order valence-corrected chi connectivity index (χ3v) is 4.81. The molecule has 1 fully saturated rings. The Labute approximate surface area is 122 Å². The van der Waals surface area contributed by atoms with Crippen LogP contribution in [0.25, 0.3) is 0 Å². The van der Waals surface area contributed by atoms with E-state index in [4.69, 9.17) is 4.74 Å². The van der Waals surface area contributed by atoms with Crippen LogP contribution < -0.4 is 20.1 Å². The molecular weight excluding hydrogens is 296 g/mol. The van der Waals surface area contributed by atoms with Crippen molar-refractivity contribution in [2.75, 3.05) is 42.8 Å². The van der Waals surface area contributed by atoms with E-state index in [1.165, 1.54) is 4.31 Å². The van der Waals surface area contributed by atoms with Gasteiger partial charge in [0.25, 0.3) is 5.91 Å². The highest BCUT2D eigenvalue weighted by Crippen LogP contribution is 2.30. The molecule has 0 unspecified atom stereocenters. The summed E-state index contributed by atoms with van der Waals surface area (Å²) in [5.74, 6) is 0.268. The summed E-state index contributed by atoms with van der Waals surface area (Å²) >= 11 is 0. The van der Waals surface area contributed by atoms with Gasteiger partial charge in [0, 0.05) is 26.2 Å². The number of fused-ring (bicyclic) bond motifs is 1. The van der Waals surface area contributed by atoms with Crippen LogP contribution in [0.2, 0.25) is 0 Å². The Hall–Kier alpha value is -1.84. The number of piperazine rings is 1. The molecule has 0 radical (unpaired) electrons. The third kappa shape index (κ3) is 3.09. The van der Waals surface area contributed by atoms with Gasteiger partial charge in [0.05, 0.1) is 11.4 Å². The highest BCUT2D eigenvalue weighted by molar-refractivity contribution is 7.90. The number of hydrogen-bond acceptors (Lipinski definition) is 5. The van der Waals surface area contributed by atoms with Crippen molar-refractivity contribution in [3.8, 4) is 5.75 Å². The minimum atomic E-state index is -3.59. The summed E-state index contributed by atoms with van der Waals surface area (Å²) in [5, 5.41) is 5.74. The maximum absolute atomic E-state index is 12.3. The normalized spacial score (nSPS) is 19.3. The van der Waals surface area contributed by atoms with Gasteiger partial charge in [-0.1, -0.05) is 0 Å². The average molecular weight is 312 g/mol. The second-order valence-corrected chi connectivity index (χ2v) is 6.47. The number of nitrogens with zero attached hydrogens (tertiary/aromatic N) is 1. The number of carbonyl (C=O) groups is 1. The van der Waals surface area contributed by atoms with E-state index in [2.05, 4.69) is 15.4 Å². The first-order chi connectivity index (χ1) is 10.0. The molecule has 1 aromatic carbocycles. The minimum absolute atomic E-state index is 0.0289. The Balaban J connectivity index is 1.78. The molecule has 9 heteroatoms. The lowest BCUT2D eigenvalue weighted by Gasteiger charge is -2.27. The van der Waals surface area contributed by atoms with E-state index in [0.29, 0.717) is 43.3 Å². The number of hydrogen-bond donors (Lipinski definition) is 3. The van der Waals surface area contributed by atoms with Gasteiger partial charge in [-0.3, -0.25) is 9.52 Å². The molecule has 21 heavy (non-hydrogen) atoms. The monoisotopic (exact) mass is 312 g/mol. The van der Waals surface area contributed by atoms with Gasteiger partial charge in [-0.15, -0.1) is 0 Å². The van der Waals surface area contributed by atoms with Gasteiger partial charge in [-0.25, -0.2) is 0 Å². The zero-order valence-electron chi connectivity index (χ0n) is 11.3. The molecule has 0 aliphatic carbocycles. The van der Waals surface area contributed by atoms with Crippen LogP contribution in [0, 0.1) is 0 Å². The van der Waals surface area contributed by atoms with Crippen LogP contribution >= 0.6 is 0 Å². The number of rotatable bonds is 3. The summed E-state index contributed by atoms with van der Waals surface area (Å²) in [6, 6.07) is 4.78. The van der Waals surface area contributed by atoms with E-state index < -0.39 is 10.2 Å². The van der Waals surface area contributed by atoms with Gasteiger partial charge in [-0.2, -0.15) is 12.7 Å². The molecule has 114 valence electrons. The van der Waals surface area contributed by atoms with Crippen LogP contribution in [-0.4, -0.2) is 51.4 Å². The Bertz CT molecular complexity index is 655. The van der Waals surface area contributed by atoms with E-state index in [1.807, 2.05) is 0 Å². The van der Waals surface area contributed by atoms with E-state index in [1.54, 1.807) is 18.2 Å². The van der Waals surface area contributed by atoms with Gasteiger partial charge >= 0.3 is 10.2 Å². The molecule has 3 N–H and O–H groups in total. The lowest BCUT2D eigenvalue weighted by Crippen LogP contribution is -2.48. The SMILES string of the molecule is O=C1COc2ccc(NS(=O)(=O)N3CCNCC3)cc2N1. The van der Waals surface area contributed by atoms with Crippen molar-refractivity contribution in [3.05, 3.63) is 18.2 Å². The van der Waals surface area contributed by atoms with Gasteiger partial charge < -0.3 is 15.4 Å². The molecule has 1 saturated heterocycles. The number of nitrogens with one attached hydrogen (secondary N) is 3. The fraction of sp³-hybridized carbons (Fsp3) is 0.417. The molecule has 1 amide bonds. The van der Waals surface area contributed by atoms with Crippen LogP contribution in [0.1, 0.15) is 0 Å². The molecular formula is C12H16N4O4S. The highest BCUT2D eigenvalue weighted by Gasteiger charge is 2.24. The van der Waals surface area contributed by atoms with E-state index in [9.17, 15) is 13.2 Å². The maximum atomic E-state index is 12.3. The topological polar surface area (TPSA) is 99.8 Å². The van der Waals surface area contributed by atoms with Crippen LogP contribution in [0.15, 0.2) is 18.2 Å². The van der Waals surface area contributed by atoms with E-state index >= 15 is 0 Å². The predicted molar refractivity (Wildman–Crippen MR) is 77.6 cm³/mol. The van der Waals surface area contributed by atoms with Crippen LogP contribution in [0.3, 0.4) is 0 Å². The smallest absolute Gasteiger partial charge is 0.301 e. The summed E-state index contributed by atoms with van der Waals surface area (Å²) in [4.78, 5) is 11.3. The molecule has 0 aromatic heterocycles. The Morgan fingerprint density at radius 1 is 1.24 bits per heavy atom. The first-order valence-electron chi connectivity index (χ1n) is 6.60. The summed E-state index contributed by atoms with van der Waals surface area (Å²) in [6.45, 7) is 2.10. The van der Waals surface area contributed by atoms with Crippen LogP contribution in [-0.2, 0) is 15.0 Å². The van der Waals surface area contributed by atoms with Crippen molar-refractivity contribution in [2.24, 2.45) is 0 Å². The second kappa shape index (κ2) is 5.51. The van der Waals surface area contributed by atoms with Gasteiger partial charge in [0.1, 0.15) is 5.75 Å². The quantitative estimate of drug-likeness (QED) is 0.704. The third-order valence-electron chi connectivity index (χ3n) is 3.28. The molecule has 3 rings (SSSR count). The fourth-order valence-electron chi connectivity index (χ4n) is 2.24. The van der Waals surface area contributed by atoms with E-state index in [-0.39, 0.29) is 12.5 Å². The van der Waals surface area contributed by atoms with Crippen molar-refractivity contribution in [2.45, 2.75) is 0 Å². The minimum Gasteiger partial charge on any atom is -0.482 e. The van der Waals surface area contributed by atoms with E-state index in [0.717, 1.165) is 0 Å². The Morgan fingerprint density at radius 3 is 2.76 bits per heavy atom. The summed E-state index contributed by atoms with van der Waals surface area (Å²) in [7, 11) is -3.59. The molecule has 2 aliphatic rings. The molecule has 0 bridgehead atoms. The predicted octanol–water partition coefficient (Wildman–Crippen LogP) is -0.421. The summed E-state index contributed by atoms with van der Waals surface area (Å²) < 4.78 is 33.6. The van der Waals surface area contributed by atoms with Crippen molar-refractivity contribution >= 4 is 27.5 Å². The zero-order valence-corrected chi connectivity index (χ0v) is 12.1. The zero-order chi connectivity index (χ0) is 14.9. The van der Waals surface area contributed by atoms with Gasteiger partial charge in [0.2, 0.25) is 0 Å². The number of carbonyl (C=O) groups excluding carboxylic acids is 1. The van der Waals surface area contributed by atoms with Crippen molar-refractivity contribution in [1.29, 1.82) is 0 Å². The molecule has 0 saturated carbocycles. The first-order valence-corrected chi connectivity index (χ1v) is 8.04. The highest BCUT2D eigenvalue weighted by atomic mass is 32.2. The molecule has 0 atom stereocenters. The largest absolute Gasteiger partial charge is 0.482 e. The van der Waals surface area contributed by atoms with Crippen LogP contribution in [0.4, 0.5) is 11.4 Å². The second-order valence-electron chi connectivity index (χ2n) is 4.80. The fourth-order valence-corrected chi connectivity index (χ4v) is 3.46. The van der Waals surface area contributed by atoms with Gasteiger partial charge in [-0.05, 0) is 18.2 Å². The lowest BCUT2D eigenvalue weighted by molar-refractivity contribution is -0.118. The summed E-state index contributed by atoms with van der Waals surface area (Å²) in [6.07, 6.45) is 0. The number of ether oxygens (including phenoxy) is 1. The standard InChI is InChI=1S/C12H16N4O4S/c17-12-8-20-11-2-1-9(7-10(11)14-12)15-21(18,19)16-5-3-13-4-6-16/h1-2,7,13,15H,3-6,8H2,(H,14,17). The molecule has 0 spiro atoms. The van der Waals surface area contributed by atoms with Crippen LogP contribution in [0.5, 0.6) is 5.75 Å². The van der Waals surface area contributed by atoms with Crippen molar-refractivity contribution < 1.29 is 17.9 Å². The van der Waals surface area contributed by atoms with Crippen molar-refractivity contribution in [1.82, 2.24) is 9.62 Å². The molecule has 2 aliphatic heterocycles. The molecule has 2 heterocycles. The summed E-state index contributed by atoms with van der Waals surface area (Å²) in [5.41, 5.74) is 0.852. The number of anilines is 2. The maximum Gasteiger partial charge on any atom is 0.301 e. The first kappa shape index (κ1) is 14.1.